The lowest BCUT2D eigenvalue weighted by Crippen LogP contribution is -2.31. The molecule has 0 spiro atoms. The Hall–Kier alpha value is -1.27. The molecule has 7 heteroatoms. The standard InChI is InChI=1S/C12H17F3O4/c1-8(19-11(17)12(13,14)15)18-10(16)7-9-5-3-2-4-6-9/h8-9H,2-7H2,1H3. The number of carbonyl (C=O) groups is 2. The van der Waals surface area contributed by atoms with Gasteiger partial charge in [0.1, 0.15) is 0 Å². The van der Waals surface area contributed by atoms with E-state index >= 15 is 0 Å². The maximum absolute atomic E-state index is 11.9. The maximum Gasteiger partial charge on any atom is 0.491 e. The van der Waals surface area contributed by atoms with Gasteiger partial charge in [0.15, 0.2) is 0 Å². The Morgan fingerprint density at radius 2 is 1.74 bits per heavy atom. The molecule has 0 aromatic heterocycles. The summed E-state index contributed by atoms with van der Waals surface area (Å²) in [4.78, 5) is 22.0. The van der Waals surface area contributed by atoms with E-state index in [4.69, 9.17) is 0 Å². The van der Waals surface area contributed by atoms with Gasteiger partial charge in [0.05, 0.1) is 0 Å². The van der Waals surface area contributed by atoms with Gasteiger partial charge in [-0.3, -0.25) is 4.79 Å². The van der Waals surface area contributed by atoms with E-state index in [1.54, 1.807) is 0 Å². The van der Waals surface area contributed by atoms with E-state index in [9.17, 15) is 22.8 Å². The highest BCUT2D eigenvalue weighted by molar-refractivity contribution is 5.76. The normalized spacial score (nSPS) is 18.7. The number of hydrogen-bond acceptors (Lipinski definition) is 4. The van der Waals surface area contributed by atoms with Crippen molar-refractivity contribution in [3.63, 3.8) is 0 Å². The zero-order valence-electron chi connectivity index (χ0n) is 10.7. The molecule has 1 aliphatic rings. The Morgan fingerprint density at radius 1 is 1.16 bits per heavy atom. The van der Waals surface area contributed by atoms with Crippen LogP contribution in [-0.2, 0) is 19.1 Å². The summed E-state index contributed by atoms with van der Waals surface area (Å²) in [6.45, 7) is 1.09. The van der Waals surface area contributed by atoms with Gasteiger partial charge in [-0.25, -0.2) is 4.79 Å². The molecular formula is C12H17F3O4. The smallest absolute Gasteiger partial charge is 0.425 e. The molecule has 4 nitrogen and oxygen atoms in total. The average molecular weight is 282 g/mol. The molecule has 0 amide bonds. The Kier molecular flexibility index (Phi) is 5.62. The third-order valence-electron chi connectivity index (χ3n) is 2.98. The third kappa shape index (κ3) is 5.94. The van der Waals surface area contributed by atoms with Gasteiger partial charge in [-0.1, -0.05) is 19.3 Å². The summed E-state index contributed by atoms with van der Waals surface area (Å²) in [7, 11) is 0. The number of alkyl halides is 3. The molecule has 1 unspecified atom stereocenters. The van der Waals surface area contributed by atoms with Crippen molar-refractivity contribution >= 4 is 11.9 Å². The first kappa shape index (κ1) is 15.8. The van der Waals surface area contributed by atoms with Gasteiger partial charge >= 0.3 is 18.1 Å². The van der Waals surface area contributed by atoms with Crippen molar-refractivity contribution in [2.75, 3.05) is 0 Å². The van der Waals surface area contributed by atoms with Crippen molar-refractivity contribution in [2.24, 2.45) is 5.92 Å². The molecule has 0 aliphatic heterocycles. The van der Waals surface area contributed by atoms with Gasteiger partial charge in [-0.15, -0.1) is 0 Å². The zero-order valence-corrected chi connectivity index (χ0v) is 10.7. The molecule has 0 N–H and O–H groups in total. The summed E-state index contributed by atoms with van der Waals surface area (Å²) in [5.74, 6) is -2.77. The summed E-state index contributed by atoms with van der Waals surface area (Å²) in [5.41, 5.74) is 0. The number of halogens is 3. The quantitative estimate of drug-likeness (QED) is 0.587. The molecule has 0 radical (unpaired) electrons. The van der Waals surface area contributed by atoms with Crippen molar-refractivity contribution in [3.05, 3.63) is 0 Å². The van der Waals surface area contributed by atoms with Crippen molar-refractivity contribution in [3.8, 4) is 0 Å². The fourth-order valence-electron chi connectivity index (χ4n) is 2.10. The minimum Gasteiger partial charge on any atom is -0.425 e. The van der Waals surface area contributed by atoms with E-state index in [2.05, 4.69) is 9.47 Å². The Bertz CT molecular complexity index is 321. The van der Waals surface area contributed by atoms with Crippen LogP contribution in [0.2, 0.25) is 0 Å². The number of ether oxygens (including phenoxy) is 2. The number of esters is 2. The third-order valence-corrected chi connectivity index (χ3v) is 2.98. The number of rotatable bonds is 4. The van der Waals surface area contributed by atoms with Gasteiger partial charge in [0.2, 0.25) is 6.29 Å². The highest BCUT2D eigenvalue weighted by atomic mass is 19.4. The van der Waals surface area contributed by atoms with Crippen LogP contribution in [0.5, 0.6) is 0 Å². The molecule has 0 heterocycles. The Balaban J connectivity index is 2.29. The SMILES string of the molecule is CC(OC(=O)CC1CCCCC1)OC(=O)C(F)(F)F. The Labute approximate surface area is 109 Å². The van der Waals surface area contributed by atoms with E-state index in [1.165, 1.54) is 0 Å². The van der Waals surface area contributed by atoms with Crippen LogP contribution in [0.15, 0.2) is 0 Å². The van der Waals surface area contributed by atoms with Gasteiger partial charge in [-0.05, 0) is 18.8 Å². The summed E-state index contributed by atoms with van der Waals surface area (Å²) < 4.78 is 44.3. The zero-order chi connectivity index (χ0) is 14.5. The molecule has 1 fully saturated rings. The van der Waals surface area contributed by atoms with Crippen molar-refractivity contribution in [1.29, 1.82) is 0 Å². The largest absolute Gasteiger partial charge is 0.491 e. The van der Waals surface area contributed by atoms with Crippen LogP contribution in [-0.4, -0.2) is 24.4 Å². The van der Waals surface area contributed by atoms with Gasteiger partial charge < -0.3 is 9.47 Å². The minimum absolute atomic E-state index is 0.161. The van der Waals surface area contributed by atoms with Crippen molar-refractivity contribution in [1.82, 2.24) is 0 Å². The molecule has 1 atom stereocenters. The summed E-state index contributed by atoms with van der Waals surface area (Å²) in [6, 6.07) is 0. The lowest BCUT2D eigenvalue weighted by molar-refractivity contribution is -0.223. The van der Waals surface area contributed by atoms with E-state index < -0.39 is 24.4 Å². The molecule has 0 saturated heterocycles. The predicted molar refractivity (Wildman–Crippen MR) is 58.9 cm³/mol. The first-order valence-corrected chi connectivity index (χ1v) is 6.26. The van der Waals surface area contributed by atoms with Crippen molar-refractivity contribution in [2.45, 2.75) is 57.9 Å². The summed E-state index contributed by atoms with van der Waals surface area (Å²) >= 11 is 0. The van der Waals surface area contributed by atoms with E-state index in [0.29, 0.717) is 0 Å². The Morgan fingerprint density at radius 3 is 2.26 bits per heavy atom. The second-order valence-corrected chi connectivity index (χ2v) is 4.67. The molecule has 1 rings (SSSR count). The molecular weight excluding hydrogens is 265 g/mol. The summed E-state index contributed by atoms with van der Waals surface area (Å²) in [6.07, 6.45) is -1.35. The fraction of sp³-hybridized carbons (Fsp3) is 0.833. The molecule has 0 aromatic carbocycles. The van der Waals surface area contributed by atoms with E-state index in [-0.39, 0.29) is 12.3 Å². The van der Waals surface area contributed by atoms with Crippen LogP contribution in [0.25, 0.3) is 0 Å². The van der Waals surface area contributed by atoms with Crippen LogP contribution in [0.3, 0.4) is 0 Å². The van der Waals surface area contributed by atoms with Crippen LogP contribution in [0.1, 0.15) is 45.4 Å². The van der Waals surface area contributed by atoms with E-state index in [0.717, 1.165) is 39.0 Å². The predicted octanol–water partition coefficient (Wildman–Crippen LogP) is 2.95. The monoisotopic (exact) mass is 282 g/mol. The van der Waals surface area contributed by atoms with Crippen molar-refractivity contribution < 1.29 is 32.2 Å². The molecule has 1 aliphatic carbocycles. The van der Waals surface area contributed by atoms with Crippen LogP contribution in [0.4, 0.5) is 13.2 Å². The minimum atomic E-state index is -5.08. The second kappa shape index (κ2) is 6.77. The number of carbonyl (C=O) groups excluding carboxylic acids is 2. The van der Waals surface area contributed by atoms with Gasteiger partial charge in [0, 0.05) is 13.3 Å². The molecule has 1 saturated carbocycles. The highest BCUT2D eigenvalue weighted by Crippen LogP contribution is 2.26. The lowest BCUT2D eigenvalue weighted by atomic mass is 9.87. The van der Waals surface area contributed by atoms with Crippen LogP contribution >= 0.6 is 0 Å². The van der Waals surface area contributed by atoms with Gasteiger partial charge in [0.25, 0.3) is 0 Å². The molecule has 0 bridgehead atoms. The fourth-order valence-corrected chi connectivity index (χ4v) is 2.10. The maximum atomic E-state index is 11.9. The topological polar surface area (TPSA) is 52.6 Å². The highest BCUT2D eigenvalue weighted by Gasteiger charge is 2.42. The average Bonchev–Trinajstić information content (AvgIpc) is 2.28. The summed E-state index contributed by atoms with van der Waals surface area (Å²) in [5, 5.41) is 0. The first-order chi connectivity index (χ1) is 8.79. The molecule has 110 valence electrons. The van der Waals surface area contributed by atoms with Gasteiger partial charge in [-0.2, -0.15) is 13.2 Å². The van der Waals surface area contributed by atoms with Crippen LogP contribution < -0.4 is 0 Å². The second-order valence-electron chi connectivity index (χ2n) is 4.67. The first-order valence-electron chi connectivity index (χ1n) is 6.26. The number of hydrogen-bond donors (Lipinski definition) is 0. The molecule has 19 heavy (non-hydrogen) atoms. The lowest BCUT2D eigenvalue weighted by Gasteiger charge is -2.21. The van der Waals surface area contributed by atoms with Crippen LogP contribution in [0, 0.1) is 5.92 Å². The van der Waals surface area contributed by atoms with E-state index in [1.807, 2.05) is 0 Å². The molecule has 0 aromatic rings.